The van der Waals surface area contributed by atoms with Crippen LogP contribution in [-0.4, -0.2) is 30.2 Å². The maximum absolute atomic E-state index is 5.15. The standard InChI is InChI=1S/C17H22N4O/c1-4-10-19-17-20-13(2)12-16(21-17)18-11-9-14-5-7-15(22-3)8-6-14/h4-8,12H,1,9-11H2,2-3H3,(H2,18,19,20,21). The average molecular weight is 298 g/mol. The van der Waals surface area contributed by atoms with Crippen LogP contribution in [-0.2, 0) is 6.42 Å². The first kappa shape index (κ1) is 15.8. The number of benzene rings is 1. The van der Waals surface area contributed by atoms with Crippen LogP contribution in [0.1, 0.15) is 11.3 Å². The van der Waals surface area contributed by atoms with Crippen LogP contribution in [0, 0.1) is 6.92 Å². The fourth-order valence-corrected chi connectivity index (χ4v) is 2.03. The molecule has 0 fully saturated rings. The summed E-state index contributed by atoms with van der Waals surface area (Å²) in [7, 11) is 1.67. The van der Waals surface area contributed by atoms with Crippen LogP contribution in [0.15, 0.2) is 43.0 Å². The second-order valence-electron chi connectivity index (χ2n) is 4.91. The van der Waals surface area contributed by atoms with Crippen molar-refractivity contribution in [2.75, 3.05) is 30.8 Å². The summed E-state index contributed by atoms with van der Waals surface area (Å²) in [5.41, 5.74) is 2.18. The molecule has 0 aliphatic rings. The number of anilines is 2. The number of hydrogen-bond acceptors (Lipinski definition) is 5. The topological polar surface area (TPSA) is 59.1 Å². The van der Waals surface area contributed by atoms with Gasteiger partial charge in [0, 0.05) is 24.8 Å². The second kappa shape index (κ2) is 8.02. The average Bonchev–Trinajstić information content (AvgIpc) is 2.53. The Balaban J connectivity index is 1.90. The lowest BCUT2D eigenvalue weighted by molar-refractivity contribution is 0.414. The SMILES string of the molecule is C=CCNc1nc(C)cc(NCCc2ccc(OC)cc2)n1. The van der Waals surface area contributed by atoms with Gasteiger partial charge in [-0.2, -0.15) is 4.98 Å². The Kier molecular flexibility index (Phi) is 5.77. The zero-order valence-electron chi connectivity index (χ0n) is 13.1. The smallest absolute Gasteiger partial charge is 0.225 e. The number of hydrogen-bond donors (Lipinski definition) is 2. The Morgan fingerprint density at radius 1 is 1.18 bits per heavy atom. The lowest BCUT2D eigenvalue weighted by Gasteiger charge is -2.09. The number of rotatable bonds is 8. The van der Waals surface area contributed by atoms with Crippen LogP contribution in [0.2, 0.25) is 0 Å². The fraction of sp³-hybridized carbons (Fsp3) is 0.294. The minimum atomic E-state index is 0.617. The van der Waals surface area contributed by atoms with E-state index < -0.39 is 0 Å². The number of aryl methyl sites for hydroxylation is 1. The molecule has 0 saturated heterocycles. The molecule has 5 heteroatoms. The van der Waals surface area contributed by atoms with E-state index >= 15 is 0 Å². The molecule has 0 saturated carbocycles. The summed E-state index contributed by atoms with van der Waals surface area (Å²) in [5, 5.41) is 6.43. The predicted octanol–water partition coefficient (Wildman–Crippen LogP) is 3.05. The van der Waals surface area contributed by atoms with Gasteiger partial charge in [0.15, 0.2) is 0 Å². The zero-order chi connectivity index (χ0) is 15.8. The van der Waals surface area contributed by atoms with Gasteiger partial charge in [0.05, 0.1) is 7.11 Å². The summed E-state index contributed by atoms with van der Waals surface area (Å²) in [5.74, 6) is 2.32. The lowest BCUT2D eigenvalue weighted by atomic mass is 10.1. The van der Waals surface area contributed by atoms with Gasteiger partial charge in [-0.15, -0.1) is 6.58 Å². The highest BCUT2D eigenvalue weighted by Crippen LogP contribution is 2.13. The van der Waals surface area contributed by atoms with Crippen molar-refractivity contribution in [2.45, 2.75) is 13.3 Å². The van der Waals surface area contributed by atoms with Gasteiger partial charge in [-0.25, -0.2) is 4.98 Å². The molecule has 2 aromatic rings. The molecular weight excluding hydrogens is 276 g/mol. The molecule has 2 rings (SSSR count). The van der Waals surface area contributed by atoms with Crippen LogP contribution in [0.25, 0.3) is 0 Å². The summed E-state index contributed by atoms with van der Waals surface area (Å²) >= 11 is 0. The van der Waals surface area contributed by atoms with E-state index in [-0.39, 0.29) is 0 Å². The van der Waals surface area contributed by atoms with Gasteiger partial charge in [0.1, 0.15) is 11.6 Å². The molecule has 0 aliphatic heterocycles. The third-order valence-corrected chi connectivity index (χ3v) is 3.14. The molecule has 0 bridgehead atoms. The van der Waals surface area contributed by atoms with Crippen molar-refractivity contribution in [3.63, 3.8) is 0 Å². The van der Waals surface area contributed by atoms with E-state index in [1.807, 2.05) is 25.1 Å². The first-order chi connectivity index (χ1) is 10.7. The maximum Gasteiger partial charge on any atom is 0.225 e. The van der Waals surface area contributed by atoms with Crippen LogP contribution in [0.5, 0.6) is 5.75 Å². The van der Waals surface area contributed by atoms with Gasteiger partial charge in [0.2, 0.25) is 5.95 Å². The van der Waals surface area contributed by atoms with Gasteiger partial charge in [-0.1, -0.05) is 18.2 Å². The van der Waals surface area contributed by atoms with E-state index in [1.54, 1.807) is 13.2 Å². The van der Waals surface area contributed by atoms with E-state index in [1.165, 1.54) is 5.56 Å². The number of nitrogens with zero attached hydrogens (tertiary/aromatic N) is 2. The van der Waals surface area contributed by atoms with Gasteiger partial charge in [0.25, 0.3) is 0 Å². The van der Waals surface area contributed by atoms with Gasteiger partial charge in [-0.05, 0) is 31.0 Å². The van der Waals surface area contributed by atoms with Crippen molar-refractivity contribution in [3.8, 4) is 5.75 Å². The van der Waals surface area contributed by atoms with E-state index in [4.69, 9.17) is 4.74 Å². The lowest BCUT2D eigenvalue weighted by Crippen LogP contribution is -2.10. The maximum atomic E-state index is 5.15. The Hall–Kier alpha value is -2.56. The van der Waals surface area contributed by atoms with Crippen LogP contribution in [0.4, 0.5) is 11.8 Å². The van der Waals surface area contributed by atoms with Crippen molar-refractivity contribution in [1.82, 2.24) is 9.97 Å². The van der Waals surface area contributed by atoms with Crippen molar-refractivity contribution in [3.05, 3.63) is 54.2 Å². The minimum absolute atomic E-state index is 0.617. The van der Waals surface area contributed by atoms with E-state index in [9.17, 15) is 0 Å². The second-order valence-corrected chi connectivity index (χ2v) is 4.91. The molecule has 1 heterocycles. The molecular formula is C17H22N4O. The first-order valence-electron chi connectivity index (χ1n) is 7.28. The Labute approximate surface area is 131 Å². The van der Waals surface area contributed by atoms with Gasteiger partial charge in [-0.3, -0.25) is 0 Å². The van der Waals surface area contributed by atoms with Gasteiger partial charge >= 0.3 is 0 Å². The third-order valence-electron chi connectivity index (χ3n) is 3.14. The van der Waals surface area contributed by atoms with Crippen LogP contribution >= 0.6 is 0 Å². The molecule has 116 valence electrons. The monoisotopic (exact) mass is 298 g/mol. The van der Waals surface area contributed by atoms with Crippen molar-refractivity contribution in [2.24, 2.45) is 0 Å². The summed E-state index contributed by atoms with van der Waals surface area (Å²) in [4.78, 5) is 8.76. The predicted molar refractivity (Wildman–Crippen MR) is 90.6 cm³/mol. The molecule has 0 spiro atoms. The van der Waals surface area contributed by atoms with E-state index in [2.05, 4.69) is 39.3 Å². The Morgan fingerprint density at radius 3 is 2.64 bits per heavy atom. The molecule has 22 heavy (non-hydrogen) atoms. The molecule has 0 aliphatic carbocycles. The first-order valence-corrected chi connectivity index (χ1v) is 7.28. The summed E-state index contributed by atoms with van der Waals surface area (Å²) in [6.07, 6.45) is 2.70. The summed E-state index contributed by atoms with van der Waals surface area (Å²) in [6, 6.07) is 10.0. The van der Waals surface area contributed by atoms with Crippen molar-refractivity contribution < 1.29 is 4.74 Å². The molecule has 0 amide bonds. The number of ether oxygens (including phenoxy) is 1. The summed E-state index contributed by atoms with van der Waals surface area (Å²) in [6.45, 7) is 7.08. The van der Waals surface area contributed by atoms with Crippen LogP contribution < -0.4 is 15.4 Å². The van der Waals surface area contributed by atoms with Crippen molar-refractivity contribution >= 4 is 11.8 Å². The highest BCUT2D eigenvalue weighted by Gasteiger charge is 2.01. The molecule has 2 N–H and O–H groups in total. The normalized spacial score (nSPS) is 10.1. The number of nitrogens with one attached hydrogen (secondary N) is 2. The quantitative estimate of drug-likeness (QED) is 0.734. The molecule has 1 aromatic carbocycles. The fourth-order valence-electron chi connectivity index (χ4n) is 2.03. The van der Waals surface area contributed by atoms with Crippen molar-refractivity contribution in [1.29, 1.82) is 0 Å². The third kappa shape index (κ3) is 4.77. The minimum Gasteiger partial charge on any atom is -0.497 e. The van der Waals surface area contributed by atoms with Gasteiger partial charge < -0.3 is 15.4 Å². The number of methoxy groups -OCH3 is 1. The summed E-state index contributed by atoms with van der Waals surface area (Å²) < 4.78 is 5.15. The molecule has 1 aromatic heterocycles. The molecule has 0 radical (unpaired) electrons. The van der Waals surface area contributed by atoms with Crippen LogP contribution in [0.3, 0.4) is 0 Å². The Bertz CT molecular complexity index is 611. The number of aromatic nitrogens is 2. The molecule has 0 atom stereocenters. The zero-order valence-corrected chi connectivity index (χ0v) is 13.1. The van der Waals surface area contributed by atoms with E-state index in [0.717, 1.165) is 30.2 Å². The Morgan fingerprint density at radius 2 is 1.95 bits per heavy atom. The molecule has 0 unspecified atom stereocenters. The highest BCUT2D eigenvalue weighted by atomic mass is 16.5. The largest absolute Gasteiger partial charge is 0.497 e. The van der Waals surface area contributed by atoms with E-state index in [0.29, 0.717) is 12.5 Å². The molecule has 5 nitrogen and oxygen atoms in total. The highest BCUT2D eigenvalue weighted by molar-refractivity contribution is 5.42.